The maximum Gasteiger partial charge on any atom is 0.260 e. The molecule has 6 heteroatoms. The molecule has 0 aliphatic heterocycles. The number of benzene rings is 2. The summed E-state index contributed by atoms with van der Waals surface area (Å²) >= 11 is 5.93. The molecule has 1 N–H and O–H groups in total. The third kappa shape index (κ3) is 4.35. The summed E-state index contributed by atoms with van der Waals surface area (Å²) in [7, 11) is 0. The van der Waals surface area contributed by atoms with E-state index in [1.54, 1.807) is 31.2 Å². The molecule has 1 atom stereocenters. The number of ether oxygens (including phenoxy) is 1. The van der Waals surface area contributed by atoms with Crippen LogP contribution in [0.5, 0.6) is 5.75 Å². The topological polar surface area (TPSA) is 56.2 Å². The fourth-order valence-corrected chi connectivity index (χ4v) is 3.05. The van der Waals surface area contributed by atoms with Gasteiger partial charge >= 0.3 is 0 Å². The summed E-state index contributed by atoms with van der Waals surface area (Å²) in [5.41, 5.74) is 2.12. The first-order chi connectivity index (χ1) is 12.5. The van der Waals surface area contributed by atoms with E-state index in [-0.39, 0.29) is 5.91 Å². The van der Waals surface area contributed by atoms with Crippen LogP contribution in [-0.2, 0) is 11.3 Å². The minimum Gasteiger partial charge on any atom is -0.481 e. The molecule has 3 aromatic rings. The first-order valence-corrected chi connectivity index (χ1v) is 9.04. The molecule has 1 amide bonds. The van der Waals surface area contributed by atoms with Gasteiger partial charge in [-0.15, -0.1) is 0 Å². The van der Waals surface area contributed by atoms with Crippen molar-refractivity contribution in [2.75, 3.05) is 6.54 Å². The molecular formula is C20H22ClN3O2. The molecule has 0 fully saturated rings. The van der Waals surface area contributed by atoms with Crippen molar-refractivity contribution in [1.29, 1.82) is 0 Å². The number of hydrogen-bond acceptors (Lipinski definition) is 3. The van der Waals surface area contributed by atoms with Crippen molar-refractivity contribution in [3.05, 3.63) is 59.4 Å². The van der Waals surface area contributed by atoms with Crippen LogP contribution in [0.1, 0.15) is 19.2 Å². The Morgan fingerprint density at radius 1 is 1.27 bits per heavy atom. The number of nitrogens with zero attached hydrogens (tertiary/aromatic N) is 2. The number of aryl methyl sites for hydroxylation is 2. The quantitative estimate of drug-likeness (QED) is 0.639. The fourth-order valence-electron chi connectivity index (χ4n) is 2.87. The molecule has 0 spiro atoms. The van der Waals surface area contributed by atoms with Gasteiger partial charge in [0.25, 0.3) is 5.91 Å². The summed E-state index contributed by atoms with van der Waals surface area (Å²) in [5.74, 6) is 1.42. The Bertz CT molecular complexity index is 907. The molecule has 5 nitrogen and oxygen atoms in total. The molecule has 1 aromatic heterocycles. The molecule has 0 aliphatic carbocycles. The van der Waals surface area contributed by atoms with Crippen LogP contribution in [-0.4, -0.2) is 28.1 Å². The Morgan fingerprint density at radius 2 is 2.08 bits per heavy atom. The van der Waals surface area contributed by atoms with Crippen LogP contribution in [0.2, 0.25) is 5.02 Å². The second-order valence-corrected chi connectivity index (χ2v) is 6.60. The zero-order chi connectivity index (χ0) is 18.5. The lowest BCUT2D eigenvalue weighted by Crippen LogP contribution is -2.37. The van der Waals surface area contributed by atoms with Gasteiger partial charge in [-0.25, -0.2) is 4.98 Å². The Hall–Kier alpha value is -2.53. The second-order valence-electron chi connectivity index (χ2n) is 6.16. The van der Waals surface area contributed by atoms with Crippen LogP contribution < -0.4 is 10.1 Å². The Balaban J connectivity index is 1.48. The SMILES string of the molecule is Cc1nc2ccccc2n1CCCNC(=O)C(C)Oc1cccc(Cl)c1. The van der Waals surface area contributed by atoms with Gasteiger partial charge in [0.05, 0.1) is 11.0 Å². The number of imidazole rings is 1. The van der Waals surface area contributed by atoms with Gasteiger partial charge in [-0.2, -0.15) is 0 Å². The molecule has 1 unspecified atom stereocenters. The van der Waals surface area contributed by atoms with Crippen LogP contribution >= 0.6 is 11.6 Å². The standard InChI is InChI=1S/C20H22ClN3O2/c1-14(26-17-8-5-7-16(21)13-17)20(25)22-11-6-12-24-15(2)23-18-9-3-4-10-19(18)24/h3-5,7-10,13-14H,6,11-12H2,1-2H3,(H,22,25). The molecule has 0 radical (unpaired) electrons. The van der Waals surface area contributed by atoms with Gasteiger partial charge in [-0.05, 0) is 50.6 Å². The van der Waals surface area contributed by atoms with Crippen LogP contribution in [0.3, 0.4) is 0 Å². The zero-order valence-corrected chi connectivity index (χ0v) is 15.7. The molecule has 136 valence electrons. The van der Waals surface area contributed by atoms with Crippen LogP contribution in [0.25, 0.3) is 11.0 Å². The van der Waals surface area contributed by atoms with Gasteiger partial charge in [-0.1, -0.05) is 29.8 Å². The smallest absolute Gasteiger partial charge is 0.260 e. The predicted molar refractivity (Wildman–Crippen MR) is 104 cm³/mol. The predicted octanol–water partition coefficient (Wildman–Crippen LogP) is 3.97. The third-order valence-corrected chi connectivity index (χ3v) is 4.42. The fraction of sp³-hybridized carbons (Fsp3) is 0.300. The number of nitrogens with one attached hydrogen (secondary N) is 1. The van der Waals surface area contributed by atoms with Crippen molar-refractivity contribution in [1.82, 2.24) is 14.9 Å². The zero-order valence-electron chi connectivity index (χ0n) is 14.9. The highest BCUT2D eigenvalue weighted by molar-refractivity contribution is 6.30. The van der Waals surface area contributed by atoms with Gasteiger partial charge in [0, 0.05) is 18.1 Å². The molecular weight excluding hydrogens is 350 g/mol. The normalized spacial score (nSPS) is 12.1. The summed E-state index contributed by atoms with van der Waals surface area (Å²) in [6, 6.07) is 15.1. The highest BCUT2D eigenvalue weighted by atomic mass is 35.5. The van der Waals surface area contributed by atoms with Gasteiger partial charge in [0.2, 0.25) is 0 Å². The van der Waals surface area contributed by atoms with E-state index in [2.05, 4.69) is 20.9 Å². The number of hydrogen-bond donors (Lipinski definition) is 1. The Morgan fingerprint density at radius 3 is 2.88 bits per heavy atom. The van der Waals surface area contributed by atoms with Gasteiger partial charge < -0.3 is 14.6 Å². The summed E-state index contributed by atoms with van der Waals surface area (Å²) in [6.07, 6.45) is 0.237. The average Bonchev–Trinajstić information content (AvgIpc) is 2.94. The van der Waals surface area contributed by atoms with E-state index in [1.807, 2.05) is 25.1 Å². The maximum atomic E-state index is 12.2. The lowest BCUT2D eigenvalue weighted by molar-refractivity contribution is -0.127. The first kappa shape index (κ1) is 18.3. The van der Waals surface area contributed by atoms with Crippen molar-refractivity contribution in [3.63, 3.8) is 0 Å². The Labute approximate surface area is 157 Å². The number of fused-ring (bicyclic) bond motifs is 1. The summed E-state index contributed by atoms with van der Waals surface area (Å²) in [5, 5.41) is 3.50. The summed E-state index contributed by atoms with van der Waals surface area (Å²) in [6.45, 7) is 5.10. The molecule has 0 saturated heterocycles. The second kappa shape index (κ2) is 8.23. The lowest BCUT2D eigenvalue weighted by Gasteiger charge is -2.15. The van der Waals surface area contributed by atoms with E-state index >= 15 is 0 Å². The van der Waals surface area contributed by atoms with Crippen LogP contribution in [0.15, 0.2) is 48.5 Å². The minimum atomic E-state index is -0.579. The van der Waals surface area contributed by atoms with E-state index in [1.165, 1.54) is 0 Å². The van der Waals surface area contributed by atoms with Crippen molar-refractivity contribution in [3.8, 4) is 5.75 Å². The number of carbonyl (C=O) groups excluding carboxylic acids is 1. The van der Waals surface area contributed by atoms with Crippen LogP contribution in [0.4, 0.5) is 0 Å². The summed E-state index contributed by atoms with van der Waals surface area (Å²) < 4.78 is 7.80. The van der Waals surface area contributed by atoms with Crippen molar-refractivity contribution < 1.29 is 9.53 Å². The maximum absolute atomic E-state index is 12.2. The lowest BCUT2D eigenvalue weighted by atomic mass is 10.3. The highest BCUT2D eigenvalue weighted by Gasteiger charge is 2.14. The highest BCUT2D eigenvalue weighted by Crippen LogP contribution is 2.18. The summed E-state index contributed by atoms with van der Waals surface area (Å²) in [4.78, 5) is 16.7. The van der Waals surface area contributed by atoms with Gasteiger partial charge in [-0.3, -0.25) is 4.79 Å². The number of para-hydroxylation sites is 2. The molecule has 26 heavy (non-hydrogen) atoms. The number of aromatic nitrogens is 2. The van der Waals surface area contributed by atoms with E-state index in [0.29, 0.717) is 17.3 Å². The van der Waals surface area contributed by atoms with E-state index < -0.39 is 6.10 Å². The van der Waals surface area contributed by atoms with Crippen molar-refractivity contribution in [2.24, 2.45) is 0 Å². The minimum absolute atomic E-state index is 0.141. The van der Waals surface area contributed by atoms with Crippen molar-refractivity contribution >= 4 is 28.5 Å². The number of carbonyl (C=O) groups is 1. The Kier molecular flexibility index (Phi) is 5.78. The molecule has 3 rings (SSSR count). The monoisotopic (exact) mass is 371 g/mol. The van der Waals surface area contributed by atoms with Crippen LogP contribution in [0, 0.1) is 6.92 Å². The average molecular weight is 372 g/mol. The van der Waals surface area contributed by atoms with Crippen molar-refractivity contribution in [2.45, 2.75) is 32.9 Å². The first-order valence-electron chi connectivity index (χ1n) is 8.66. The van der Waals surface area contributed by atoms with Gasteiger partial charge in [0.1, 0.15) is 11.6 Å². The molecule has 2 aromatic carbocycles. The van der Waals surface area contributed by atoms with E-state index in [4.69, 9.17) is 16.3 Å². The third-order valence-electron chi connectivity index (χ3n) is 4.18. The number of halogens is 1. The molecule has 0 saturated carbocycles. The van der Waals surface area contributed by atoms with E-state index in [0.717, 1.165) is 29.8 Å². The molecule has 0 aliphatic rings. The molecule has 0 bridgehead atoms. The number of rotatable bonds is 7. The number of amides is 1. The van der Waals surface area contributed by atoms with Gasteiger partial charge in [0.15, 0.2) is 6.10 Å². The van der Waals surface area contributed by atoms with E-state index in [9.17, 15) is 4.79 Å². The largest absolute Gasteiger partial charge is 0.481 e. The molecule has 1 heterocycles.